The molecule has 0 atom stereocenters. The lowest BCUT2D eigenvalue weighted by atomic mass is 10.1. The molecule has 1 aromatic heterocycles. The second-order valence-corrected chi connectivity index (χ2v) is 6.36. The molecule has 3 rings (SSSR count). The molecule has 24 heavy (non-hydrogen) atoms. The average molecular weight is 339 g/mol. The Labute approximate surface area is 143 Å². The molecule has 3 aromatic rings. The lowest BCUT2D eigenvalue weighted by molar-refractivity contribution is -0.255. The molecule has 0 aliphatic rings. The number of carboxylic acid groups (broad SMARTS) is 1. The second-order valence-electron chi connectivity index (χ2n) is 5.41. The Hall–Kier alpha value is -2.67. The van der Waals surface area contributed by atoms with E-state index in [0.717, 1.165) is 11.3 Å². The van der Waals surface area contributed by atoms with Crippen LogP contribution in [-0.4, -0.2) is 26.2 Å². The summed E-state index contributed by atoms with van der Waals surface area (Å²) in [5, 5.41) is 23.3. The van der Waals surface area contributed by atoms with Crippen molar-refractivity contribution in [2.75, 3.05) is 0 Å². The number of hydrogen-bond donors (Lipinski definition) is 0. The van der Waals surface area contributed by atoms with Crippen molar-refractivity contribution in [2.24, 2.45) is 0 Å². The fourth-order valence-electron chi connectivity index (χ4n) is 2.17. The molecule has 1 heterocycles. The molecule has 0 saturated heterocycles. The van der Waals surface area contributed by atoms with Crippen molar-refractivity contribution in [3.05, 3.63) is 64.7 Å². The molecule has 0 spiro atoms. The van der Waals surface area contributed by atoms with E-state index in [1.807, 2.05) is 18.2 Å². The number of aryl methyl sites for hydroxylation is 2. The van der Waals surface area contributed by atoms with Gasteiger partial charge in [-0.05, 0) is 58.7 Å². The van der Waals surface area contributed by atoms with Gasteiger partial charge in [-0.2, -0.15) is 4.68 Å². The van der Waals surface area contributed by atoms with E-state index in [1.165, 1.54) is 35.0 Å². The molecule has 0 bridgehead atoms. The zero-order valence-electron chi connectivity index (χ0n) is 13.3. The lowest BCUT2D eigenvalue weighted by Gasteiger charge is -2.07. The first-order valence-electron chi connectivity index (χ1n) is 7.33. The topological polar surface area (TPSA) is 83.7 Å². The highest BCUT2D eigenvalue weighted by Crippen LogP contribution is 2.23. The van der Waals surface area contributed by atoms with Crippen LogP contribution in [0.1, 0.15) is 27.0 Å². The number of aromatic nitrogens is 4. The summed E-state index contributed by atoms with van der Waals surface area (Å²) >= 11 is 1.49. The average Bonchev–Trinajstić information content (AvgIpc) is 3.04. The number of carbonyl (C=O) groups excluding carboxylic acids is 1. The number of benzene rings is 2. The van der Waals surface area contributed by atoms with Gasteiger partial charge in [-0.1, -0.05) is 42.1 Å². The van der Waals surface area contributed by atoms with Gasteiger partial charge >= 0.3 is 0 Å². The van der Waals surface area contributed by atoms with Gasteiger partial charge in [0, 0.05) is 5.75 Å². The van der Waals surface area contributed by atoms with Gasteiger partial charge in [-0.3, -0.25) is 0 Å². The van der Waals surface area contributed by atoms with Gasteiger partial charge in [0.25, 0.3) is 0 Å². The monoisotopic (exact) mass is 339 g/mol. The number of rotatable bonds is 5. The Morgan fingerprint density at radius 2 is 1.88 bits per heavy atom. The first-order valence-corrected chi connectivity index (χ1v) is 8.32. The summed E-state index contributed by atoms with van der Waals surface area (Å²) in [6.07, 6.45) is 0. The minimum atomic E-state index is -1.17. The van der Waals surface area contributed by atoms with E-state index >= 15 is 0 Å². The van der Waals surface area contributed by atoms with Gasteiger partial charge in [0.2, 0.25) is 5.16 Å². The van der Waals surface area contributed by atoms with E-state index in [1.54, 1.807) is 16.8 Å². The van der Waals surface area contributed by atoms with Crippen molar-refractivity contribution in [3.8, 4) is 5.69 Å². The largest absolute Gasteiger partial charge is 0.545 e. The number of carbonyl (C=O) groups is 1. The number of hydrogen-bond acceptors (Lipinski definition) is 6. The molecule has 2 aromatic carbocycles. The molecular formula is C17H15N4O2S-. The predicted octanol–water partition coefficient (Wildman–Crippen LogP) is 1.93. The van der Waals surface area contributed by atoms with Crippen LogP contribution in [0.15, 0.2) is 47.6 Å². The molecule has 0 unspecified atom stereocenters. The smallest absolute Gasteiger partial charge is 0.214 e. The number of aromatic carboxylic acids is 1. The summed E-state index contributed by atoms with van der Waals surface area (Å²) in [6.45, 7) is 4.11. The van der Waals surface area contributed by atoms with Gasteiger partial charge in [0.1, 0.15) is 0 Å². The van der Waals surface area contributed by atoms with Crippen LogP contribution < -0.4 is 5.11 Å². The van der Waals surface area contributed by atoms with Crippen LogP contribution in [0.5, 0.6) is 0 Å². The summed E-state index contributed by atoms with van der Waals surface area (Å²) in [7, 11) is 0. The van der Waals surface area contributed by atoms with E-state index in [2.05, 4.69) is 29.4 Å². The van der Waals surface area contributed by atoms with Crippen molar-refractivity contribution in [1.82, 2.24) is 20.2 Å². The maximum absolute atomic E-state index is 10.8. The summed E-state index contributed by atoms with van der Waals surface area (Å²) in [4.78, 5) is 10.8. The highest BCUT2D eigenvalue weighted by molar-refractivity contribution is 7.98. The highest BCUT2D eigenvalue weighted by Gasteiger charge is 2.10. The molecule has 122 valence electrons. The first kappa shape index (κ1) is 16.2. The van der Waals surface area contributed by atoms with E-state index in [0.29, 0.717) is 10.9 Å². The van der Waals surface area contributed by atoms with Gasteiger partial charge in [-0.25, -0.2) is 0 Å². The van der Waals surface area contributed by atoms with E-state index < -0.39 is 5.97 Å². The van der Waals surface area contributed by atoms with Crippen molar-refractivity contribution in [2.45, 2.75) is 24.8 Å². The van der Waals surface area contributed by atoms with Crippen LogP contribution in [0.3, 0.4) is 0 Å². The predicted molar refractivity (Wildman–Crippen MR) is 89.0 cm³/mol. The Morgan fingerprint density at radius 3 is 2.54 bits per heavy atom. The van der Waals surface area contributed by atoms with Crippen molar-refractivity contribution >= 4 is 17.7 Å². The zero-order valence-corrected chi connectivity index (χ0v) is 14.1. The fraction of sp³-hybridized carbons (Fsp3) is 0.176. The van der Waals surface area contributed by atoms with Crippen molar-refractivity contribution in [1.29, 1.82) is 0 Å². The first-order chi connectivity index (χ1) is 11.5. The van der Waals surface area contributed by atoms with Crippen molar-refractivity contribution < 1.29 is 9.90 Å². The van der Waals surface area contributed by atoms with Crippen LogP contribution in [0.2, 0.25) is 0 Å². The molecule has 0 fully saturated rings. The third kappa shape index (κ3) is 3.46. The van der Waals surface area contributed by atoms with Crippen molar-refractivity contribution in [3.63, 3.8) is 0 Å². The summed E-state index contributed by atoms with van der Waals surface area (Å²) in [5.74, 6) is -0.536. The minimum absolute atomic E-state index is 0.170. The van der Waals surface area contributed by atoms with Crippen LogP contribution in [0.4, 0.5) is 0 Å². The van der Waals surface area contributed by atoms with Gasteiger partial charge in [0.05, 0.1) is 11.7 Å². The van der Waals surface area contributed by atoms with Crippen LogP contribution in [0, 0.1) is 13.8 Å². The molecule has 0 saturated carbocycles. The number of carboxylic acids is 1. The van der Waals surface area contributed by atoms with E-state index in [4.69, 9.17) is 0 Å². The van der Waals surface area contributed by atoms with E-state index in [-0.39, 0.29) is 5.56 Å². The van der Waals surface area contributed by atoms with Crippen LogP contribution >= 0.6 is 11.8 Å². The minimum Gasteiger partial charge on any atom is -0.545 e. The highest BCUT2D eigenvalue weighted by atomic mass is 32.2. The molecular weight excluding hydrogens is 324 g/mol. The Bertz CT molecular complexity index is 875. The number of thioether (sulfide) groups is 1. The Kier molecular flexibility index (Phi) is 4.61. The summed E-state index contributed by atoms with van der Waals surface area (Å²) in [6, 6.07) is 12.7. The Balaban J connectivity index is 1.76. The third-order valence-electron chi connectivity index (χ3n) is 3.73. The van der Waals surface area contributed by atoms with Crippen LogP contribution in [-0.2, 0) is 5.75 Å². The maximum Gasteiger partial charge on any atom is 0.214 e. The molecule has 7 heteroatoms. The van der Waals surface area contributed by atoms with Crippen LogP contribution in [0.25, 0.3) is 5.69 Å². The fourth-order valence-corrected chi connectivity index (χ4v) is 3.02. The molecule has 0 aliphatic carbocycles. The summed E-state index contributed by atoms with van der Waals surface area (Å²) in [5.41, 5.74) is 4.46. The van der Waals surface area contributed by atoms with Gasteiger partial charge in [0.15, 0.2) is 0 Å². The normalized spacial score (nSPS) is 10.8. The molecule has 0 aliphatic heterocycles. The summed E-state index contributed by atoms with van der Waals surface area (Å²) < 4.78 is 1.70. The molecule has 0 radical (unpaired) electrons. The quantitative estimate of drug-likeness (QED) is 0.661. The lowest BCUT2D eigenvalue weighted by Crippen LogP contribution is -2.21. The second kappa shape index (κ2) is 6.84. The third-order valence-corrected chi connectivity index (χ3v) is 4.72. The Morgan fingerprint density at radius 1 is 1.12 bits per heavy atom. The maximum atomic E-state index is 10.8. The molecule has 6 nitrogen and oxygen atoms in total. The number of nitrogens with zero attached hydrogens (tertiary/aromatic N) is 4. The van der Waals surface area contributed by atoms with Gasteiger partial charge < -0.3 is 9.90 Å². The van der Waals surface area contributed by atoms with E-state index in [9.17, 15) is 9.90 Å². The molecule has 0 N–H and O–H groups in total. The van der Waals surface area contributed by atoms with Gasteiger partial charge in [-0.15, -0.1) is 5.10 Å². The SMILES string of the molecule is Cc1ccc(-n2nnnc2SCc2ccc(C(=O)[O-])cc2)cc1C. The standard InChI is InChI=1S/C17H16N4O2S/c1-11-3-8-15(9-12(11)2)21-17(18-19-20-21)24-10-13-4-6-14(7-5-13)16(22)23/h3-9H,10H2,1-2H3,(H,22,23)/p-1. The molecule has 0 amide bonds. The number of tetrazole rings is 1. The zero-order chi connectivity index (χ0) is 17.1.